The zero-order valence-electron chi connectivity index (χ0n) is 16.0. The van der Waals surface area contributed by atoms with Gasteiger partial charge in [-0.3, -0.25) is 0 Å². The van der Waals surface area contributed by atoms with Gasteiger partial charge in [-0.05, 0) is 54.8 Å². The molecule has 0 aliphatic carbocycles. The molecule has 4 heteroatoms. The Morgan fingerprint density at radius 3 is 2.30 bits per heavy atom. The van der Waals surface area contributed by atoms with Gasteiger partial charge in [-0.15, -0.1) is 0 Å². The van der Waals surface area contributed by atoms with Crippen molar-refractivity contribution >= 4 is 11.7 Å². The molecule has 136 valence electrons. The summed E-state index contributed by atoms with van der Waals surface area (Å²) in [6, 6.07) is 18.0. The summed E-state index contributed by atoms with van der Waals surface area (Å²) in [7, 11) is 4.06. The third-order valence-corrected chi connectivity index (χ3v) is 5.48. The average Bonchev–Trinajstić information content (AvgIpc) is 2.88. The van der Waals surface area contributed by atoms with Crippen LogP contribution >= 0.6 is 0 Å². The predicted molar refractivity (Wildman–Crippen MR) is 104 cm³/mol. The van der Waals surface area contributed by atoms with Gasteiger partial charge in [0, 0.05) is 43.5 Å². The Bertz CT molecular complexity index is 1050. The monoisotopic (exact) mass is 358 g/mol. The highest BCUT2D eigenvalue weighted by Gasteiger charge is 2.43. The van der Waals surface area contributed by atoms with Crippen LogP contribution in [0.2, 0.25) is 0 Å². The van der Waals surface area contributed by atoms with Crippen LogP contribution in [0.1, 0.15) is 35.5 Å². The normalized spacial score (nSPS) is 13.8. The van der Waals surface area contributed by atoms with Gasteiger partial charge in [-0.2, -0.15) is 4.57 Å². The lowest BCUT2D eigenvalue weighted by molar-refractivity contribution is -0.599. The minimum absolute atomic E-state index is 0.217. The van der Waals surface area contributed by atoms with Crippen molar-refractivity contribution in [2.24, 2.45) is 0 Å². The van der Waals surface area contributed by atoms with Gasteiger partial charge in [0.05, 0.1) is 11.4 Å². The molecule has 4 nitrogen and oxygen atoms in total. The third-order valence-electron chi connectivity index (χ3n) is 5.48. The number of hydrogen-bond acceptors (Lipinski definition) is 3. The van der Waals surface area contributed by atoms with Crippen LogP contribution in [0, 0.1) is 0 Å². The van der Waals surface area contributed by atoms with Crippen LogP contribution in [0.15, 0.2) is 60.8 Å². The van der Waals surface area contributed by atoms with E-state index in [2.05, 4.69) is 65.9 Å². The standard InChI is InChI=1S/C23H22N2O2/c1-23(2)19-13-17(22(26)27)7-10-20(19)25-12-11-16(14-21(23)25)15-5-8-18(9-6-15)24(3)4/h5-14H,1-4H3. The maximum atomic E-state index is 11.3. The molecule has 27 heavy (non-hydrogen) atoms. The van der Waals surface area contributed by atoms with E-state index >= 15 is 0 Å². The van der Waals surface area contributed by atoms with Crippen molar-refractivity contribution in [3.8, 4) is 16.8 Å². The van der Waals surface area contributed by atoms with Crippen LogP contribution in [0.3, 0.4) is 0 Å². The van der Waals surface area contributed by atoms with E-state index in [1.807, 2.05) is 20.2 Å². The lowest BCUT2D eigenvalue weighted by atomic mass is 9.82. The molecule has 1 aromatic heterocycles. The van der Waals surface area contributed by atoms with Gasteiger partial charge in [0.2, 0.25) is 5.69 Å². The summed E-state index contributed by atoms with van der Waals surface area (Å²) in [5, 5.41) is 11.3. The van der Waals surface area contributed by atoms with Crippen molar-refractivity contribution in [1.82, 2.24) is 0 Å². The topological polar surface area (TPSA) is 47.2 Å². The highest BCUT2D eigenvalue weighted by atomic mass is 16.4. The van der Waals surface area contributed by atoms with Gasteiger partial charge in [-0.25, -0.2) is 0 Å². The van der Waals surface area contributed by atoms with Crippen molar-refractivity contribution in [3.63, 3.8) is 0 Å². The zero-order valence-corrected chi connectivity index (χ0v) is 16.0. The second-order valence-electron chi connectivity index (χ2n) is 7.76. The fraction of sp³-hybridized carbons (Fsp3) is 0.217. The number of aromatic nitrogens is 1. The van der Waals surface area contributed by atoms with Gasteiger partial charge in [0.15, 0.2) is 11.9 Å². The minimum Gasteiger partial charge on any atom is -0.545 e. The summed E-state index contributed by atoms with van der Waals surface area (Å²) in [5.74, 6) is -1.14. The Hall–Kier alpha value is -3.14. The van der Waals surface area contributed by atoms with Crippen molar-refractivity contribution in [2.75, 3.05) is 19.0 Å². The Morgan fingerprint density at radius 2 is 1.67 bits per heavy atom. The molecular formula is C23H22N2O2. The molecule has 0 unspecified atom stereocenters. The second-order valence-corrected chi connectivity index (χ2v) is 7.76. The first kappa shape index (κ1) is 17.3. The second kappa shape index (κ2) is 5.95. The van der Waals surface area contributed by atoms with E-state index in [0.29, 0.717) is 0 Å². The molecule has 3 aromatic rings. The van der Waals surface area contributed by atoms with E-state index in [4.69, 9.17) is 0 Å². The van der Waals surface area contributed by atoms with Gasteiger partial charge in [-0.1, -0.05) is 12.1 Å². The molecule has 4 rings (SSSR count). The first-order chi connectivity index (χ1) is 12.8. The molecule has 0 atom stereocenters. The number of hydrogen-bond donors (Lipinski definition) is 0. The minimum atomic E-state index is -1.14. The first-order valence-corrected chi connectivity index (χ1v) is 8.99. The molecule has 0 saturated carbocycles. The first-order valence-electron chi connectivity index (χ1n) is 8.99. The third kappa shape index (κ3) is 2.69. The lowest BCUT2D eigenvalue weighted by Gasteiger charge is -2.16. The van der Waals surface area contributed by atoms with E-state index in [-0.39, 0.29) is 11.0 Å². The number of carbonyl (C=O) groups is 1. The van der Waals surface area contributed by atoms with Gasteiger partial charge < -0.3 is 14.8 Å². The molecule has 0 fully saturated rings. The summed E-state index contributed by atoms with van der Waals surface area (Å²) in [4.78, 5) is 13.4. The number of pyridine rings is 1. The molecule has 2 aromatic carbocycles. The van der Waals surface area contributed by atoms with Gasteiger partial charge in [0.25, 0.3) is 0 Å². The number of nitrogens with zero attached hydrogens (tertiary/aromatic N) is 2. The van der Waals surface area contributed by atoms with E-state index in [1.54, 1.807) is 12.1 Å². The van der Waals surface area contributed by atoms with Crippen LogP contribution in [-0.4, -0.2) is 20.1 Å². The highest BCUT2D eigenvalue weighted by Crippen LogP contribution is 2.39. The Labute approximate surface area is 159 Å². The number of fused-ring (bicyclic) bond motifs is 3. The van der Waals surface area contributed by atoms with Crippen LogP contribution in [0.5, 0.6) is 0 Å². The van der Waals surface area contributed by atoms with Crippen LogP contribution < -0.4 is 14.6 Å². The number of aromatic carboxylic acids is 1. The summed E-state index contributed by atoms with van der Waals surface area (Å²) in [5.41, 5.74) is 6.56. The Kier molecular flexibility index (Phi) is 3.81. The van der Waals surface area contributed by atoms with Crippen molar-refractivity contribution in [3.05, 3.63) is 77.6 Å². The van der Waals surface area contributed by atoms with Gasteiger partial charge >= 0.3 is 0 Å². The van der Waals surface area contributed by atoms with E-state index in [1.165, 1.54) is 0 Å². The predicted octanol–water partition coefficient (Wildman–Crippen LogP) is 2.70. The Balaban J connectivity index is 1.81. The fourth-order valence-electron chi connectivity index (χ4n) is 3.83. The van der Waals surface area contributed by atoms with Crippen molar-refractivity contribution in [1.29, 1.82) is 0 Å². The lowest BCUT2D eigenvalue weighted by Crippen LogP contribution is -2.34. The number of carboxylic acids is 1. The van der Waals surface area contributed by atoms with Crippen molar-refractivity contribution in [2.45, 2.75) is 19.3 Å². The van der Waals surface area contributed by atoms with Crippen LogP contribution in [-0.2, 0) is 5.41 Å². The molecule has 2 heterocycles. The average molecular weight is 358 g/mol. The van der Waals surface area contributed by atoms with Crippen LogP contribution in [0.4, 0.5) is 5.69 Å². The largest absolute Gasteiger partial charge is 0.545 e. The number of carboxylic acid groups (broad SMARTS) is 1. The summed E-state index contributed by atoms with van der Waals surface area (Å²) in [6.07, 6.45) is 2.07. The van der Waals surface area contributed by atoms with E-state index in [0.717, 1.165) is 33.8 Å². The van der Waals surface area contributed by atoms with Crippen LogP contribution in [0.25, 0.3) is 16.8 Å². The van der Waals surface area contributed by atoms with Crippen molar-refractivity contribution < 1.29 is 14.5 Å². The smallest absolute Gasteiger partial charge is 0.215 e. The molecule has 1 aliphatic rings. The SMILES string of the molecule is CN(C)c1ccc(-c2cc[n+]3c(c2)C(C)(C)c2cc(C(=O)[O-])ccc2-3)cc1. The maximum Gasteiger partial charge on any atom is 0.215 e. The number of carbonyl (C=O) groups excluding carboxylic acids is 1. The molecule has 0 spiro atoms. The molecule has 0 N–H and O–H groups in total. The number of anilines is 1. The maximum absolute atomic E-state index is 11.3. The highest BCUT2D eigenvalue weighted by molar-refractivity contribution is 5.86. The van der Waals surface area contributed by atoms with Gasteiger partial charge in [0.1, 0.15) is 0 Å². The molecular weight excluding hydrogens is 336 g/mol. The summed E-state index contributed by atoms with van der Waals surface area (Å²) in [6.45, 7) is 4.26. The Morgan fingerprint density at radius 1 is 0.963 bits per heavy atom. The molecule has 0 amide bonds. The number of benzene rings is 2. The van der Waals surface area contributed by atoms with E-state index in [9.17, 15) is 9.90 Å². The fourth-order valence-corrected chi connectivity index (χ4v) is 3.83. The zero-order chi connectivity index (χ0) is 19.3. The summed E-state index contributed by atoms with van der Waals surface area (Å²) < 4.78 is 2.14. The number of rotatable bonds is 3. The molecule has 0 saturated heterocycles. The molecule has 1 aliphatic heterocycles. The summed E-state index contributed by atoms with van der Waals surface area (Å²) >= 11 is 0. The molecule has 0 bridgehead atoms. The quantitative estimate of drug-likeness (QED) is 0.677. The molecule has 0 radical (unpaired) electrons. The van der Waals surface area contributed by atoms with E-state index < -0.39 is 5.97 Å².